The summed E-state index contributed by atoms with van der Waals surface area (Å²) in [6.45, 7) is 2.03. The van der Waals surface area contributed by atoms with Gasteiger partial charge in [-0.2, -0.15) is 0 Å². The standard InChI is InChI=1S/C34H40N4S2/c1-35(2)33-13-9-29(10-14-33)5-7-31-17-21-37(22-18-31)25-27-39-40-28-26-38-23-19-32(20-24-38)8-6-30-11-15-34(16-12-30)36(3)4/h5-24H,25-28H2,1-4H3/q+2. The Balaban J connectivity index is 1.12. The maximum Gasteiger partial charge on any atom is 0.169 e. The molecule has 0 saturated carbocycles. The van der Waals surface area contributed by atoms with E-state index in [1.165, 1.54) is 33.6 Å². The van der Waals surface area contributed by atoms with Crippen molar-refractivity contribution in [3.05, 3.63) is 120 Å². The summed E-state index contributed by atoms with van der Waals surface area (Å²) in [5.41, 5.74) is 7.29. The van der Waals surface area contributed by atoms with Crippen molar-refractivity contribution < 1.29 is 9.13 Å². The summed E-state index contributed by atoms with van der Waals surface area (Å²) in [7, 11) is 12.1. The summed E-state index contributed by atoms with van der Waals surface area (Å²) in [5.74, 6) is 2.18. The van der Waals surface area contributed by atoms with Crippen molar-refractivity contribution in [1.29, 1.82) is 0 Å². The summed E-state index contributed by atoms with van der Waals surface area (Å²) < 4.78 is 4.52. The minimum absolute atomic E-state index is 1.01. The third kappa shape index (κ3) is 9.61. The van der Waals surface area contributed by atoms with Crippen LogP contribution in [-0.2, 0) is 13.1 Å². The molecule has 0 aliphatic carbocycles. The number of pyridine rings is 2. The summed E-state index contributed by atoms with van der Waals surface area (Å²) in [5, 5.41) is 0. The second-order valence-electron chi connectivity index (χ2n) is 10.0. The molecule has 0 bridgehead atoms. The molecule has 40 heavy (non-hydrogen) atoms. The first-order valence-corrected chi connectivity index (χ1v) is 16.1. The second kappa shape index (κ2) is 15.3. The first-order chi connectivity index (χ1) is 19.5. The van der Waals surface area contributed by atoms with Gasteiger partial charge in [0.1, 0.15) is 0 Å². The van der Waals surface area contributed by atoms with Crippen molar-refractivity contribution in [3.63, 3.8) is 0 Å². The van der Waals surface area contributed by atoms with Crippen LogP contribution in [0.25, 0.3) is 24.3 Å². The number of aromatic nitrogens is 2. The van der Waals surface area contributed by atoms with Crippen molar-refractivity contribution in [2.24, 2.45) is 0 Å². The highest BCUT2D eigenvalue weighted by atomic mass is 33.1. The number of hydrogen-bond acceptors (Lipinski definition) is 4. The zero-order chi connectivity index (χ0) is 28.2. The first-order valence-electron chi connectivity index (χ1n) is 13.6. The lowest BCUT2D eigenvalue weighted by Gasteiger charge is -2.11. The molecule has 0 aliphatic heterocycles. The fraction of sp³-hybridized carbons (Fsp3) is 0.235. The number of nitrogens with zero attached hydrogens (tertiary/aromatic N) is 4. The normalized spacial score (nSPS) is 11.4. The van der Waals surface area contributed by atoms with E-state index in [0.717, 1.165) is 24.6 Å². The van der Waals surface area contributed by atoms with Gasteiger partial charge in [-0.1, -0.05) is 70.2 Å². The maximum atomic E-state index is 2.26. The van der Waals surface area contributed by atoms with Crippen LogP contribution in [0.15, 0.2) is 97.6 Å². The predicted octanol–water partition coefficient (Wildman–Crippen LogP) is 6.82. The molecule has 2 aromatic heterocycles. The van der Waals surface area contributed by atoms with E-state index in [1.54, 1.807) is 0 Å². The topological polar surface area (TPSA) is 14.2 Å². The van der Waals surface area contributed by atoms with E-state index in [4.69, 9.17) is 0 Å². The second-order valence-corrected chi connectivity index (χ2v) is 12.7. The number of benzene rings is 2. The lowest BCUT2D eigenvalue weighted by atomic mass is 10.1. The molecule has 4 aromatic rings. The third-order valence-electron chi connectivity index (χ3n) is 6.54. The zero-order valence-corrected chi connectivity index (χ0v) is 25.6. The van der Waals surface area contributed by atoms with Gasteiger partial charge in [0, 0.05) is 63.8 Å². The van der Waals surface area contributed by atoms with Gasteiger partial charge in [0.15, 0.2) is 37.9 Å². The largest absolute Gasteiger partial charge is 0.378 e. The van der Waals surface area contributed by atoms with Crippen LogP contribution in [-0.4, -0.2) is 39.7 Å². The Hall–Kier alpha value is -3.48. The van der Waals surface area contributed by atoms with Gasteiger partial charge in [-0.25, -0.2) is 9.13 Å². The van der Waals surface area contributed by atoms with Crippen LogP contribution < -0.4 is 18.9 Å². The van der Waals surface area contributed by atoms with Crippen molar-refractivity contribution >= 4 is 57.3 Å². The Bertz CT molecular complexity index is 1250. The van der Waals surface area contributed by atoms with Gasteiger partial charge < -0.3 is 9.80 Å². The number of rotatable bonds is 13. The Morgan fingerprint density at radius 3 is 1.07 bits per heavy atom. The zero-order valence-electron chi connectivity index (χ0n) is 24.0. The Kier molecular flexibility index (Phi) is 11.3. The van der Waals surface area contributed by atoms with Gasteiger partial charge in [0.2, 0.25) is 0 Å². The number of anilines is 2. The molecule has 4 rings (SSSR count). The van der Waals surface area contributed by atoms with E-state index in [9.17, 15) is 0 Å². The quantitative estimate of drug-likeness (QED) is 0.0998. The molecule has 0 fully saturated rings. The van der Waals surface area contributed by atoms with Gasteiger partial charge in [-0.05, 0) is 46.5 Å². The average molecular weight is 569 g/mol. The third-order valence-corrected chi connectivity index (χ3v) is 8.90. The monoisotopic (exact) mass is 568 g/mol. The molecule has 0 N–H and O–H groups in total. The molecule has 206 valence electrons. The van der Waals surface area contributed by atoms with Crippen molar-refractivity contribution in [2.75, 3.05) is 49.5 Å². The van der Waals surface area contributed by atoms with Gasteiger partial charge >= 0.3 is 0 Å². The molecule has 0 amide bonds. The maximum absolute atomic E-state index is 2.26. The Labute approximate surface area is 248 Å². The molecule has 0 aliphatic rings. The molecule has 0 unspecified atom stereocenters. The summed E-state index contributed by atoms with van der Waals surface area (Å²) in [6, 6.07) is 25.9. The Morgan fingerprint density at radius 1 is 0.475 bits per heavy atom. The molecular formula is C34H40N4S2+2. The highest BCUT2D eigenvalue weighted by Gasteiger charge is 2.04. The minimum Gasteiger partial charge on any atom is -0.378 e. The van der Waals surface area contributed by atoms with E-state index < -0.39 is 0 Å². The smallest absolute Gasteiger partial charge is 0.169 e. The molecular weight excluding hydrogens is 529 g/mol. The van der Waals surface area contributed by atoms with Gasteiger partial charge in [-0.3, -0.25) is 0 Å². The molecule has 4 nitrogen and oxygen atoms in total. The number of aryl methyl sites for hydroxylation is 2. The van der Waals surface area contributed by atoms with E-state index in [2.05, 4.69) is 169 Å². The van der Waals surface area contributed by atoms with E-state index in [-0.39, 0.29) is 0 Å². The van der Waals surface area contributed by atoms with Gasteiger partial charge in [-0.15, -0.1) is 0 Å². The Morgan fingerprint density at radius 2 is 0.775 bits per heavy atom. The lowest BCUT2D eigenvalue weighted by molar-refractivity contribution is -0.692. The van der Waals surface area contributed by atoms with Gasteiger partial charge in [0.05, 0.1) is 11.5 Å². The van der Waals surface area contributed by atoms with E-state index in [0.29, 0.717) is 0 Å². The SMILES string of the molecule is CN(C)c1ccc(/C=C/c2cc[n+](CCSSCC[n+]3ccc(/C=C/c4ccc(N(C)C)cc4)cc3)cc2)cc1. The first kappa shape index (κ1) is 29.5. The van der Waals surface area contributed by atoms with Crippen molar-refractivity contribution in [2.45, 2.75) is 13.1 Å². The van der Waals surface area contributed by atoms with Crippen LogP contribution >= 0.6 is 21.6 Å². The fourth-order valence-corrected chi connectivity index (χ4v) is 5.97. The summed E-state index contributed by atoms with van der Waals surface area (Å²) in [4.78, 5) is 4.23. The predicted molar refractivity (Wildman–Crippen MR) is 178 cm³/mol. The van der Waals surface area contributed by atoms with Crippen LogP contribution in [0.1, 0.15) is 22.3 Å². The fourth-order valence-electron chi connectivity index (χ4n) is 4.01. The van der Waals surface area contributed by atoms with E-state index in [1.807, 2.05) is 21.6 Å². The van der Waals surface area contributed by atoms with Crippen LogP contribution in [0.5, 0.6) is 0 Å². The van der Waals surface area contributed by atoms with Gasteiger partial charge in [0.25, 0.3) is 0 Å². The average Bonchev–Trinajstić information content (AvgIpc) is 2.98. The van der Waals surface area contributed by atoms with Crippen LogP contribution in [0.3, 0.4) is 0 Å². The summed E-state index contributed by atoms with van der Waals surface area (Å²) in [6.07, 6.45) is 17.4. The minimum atomic E-state index is 1.01. The van der Waals surface area contributed by atoms with Crippen LogP contribution in [0.4, 0.5) is 11.4 Å². The van der Waals surface area contributed by atoms with Crippen LogP contribution in [0.2, 0.25) is 0 Å². The highest BCUT2D eigenvalue weighted by Crippen LogP contribution is 2.20. The highest BCUT2D eigenvalue weighted by molar-refractivity contribution is 8.76. The van der Waals surface area contributed by atoms with Crippen molar-refractivity contribution in [3.8, 4) is 0 Å². The molecule has 2 heterocycles. The molecule has 0 saturated heterocycles. The molecule has 2 aromatic carbocycles. The van der Waals surface area contributed by atoms with Crippen LogP contribution in [0, 0.1) is 0 Å². The molecule has 0 atom stereocenters. The molecule has 0 radical (unpaired) electrons. The lowest BCUT2D eigenvalue weighted by Crippen LogP contribution is -2.34. The summed E-state index contributed by atoms with van der Waals surface area (Å²) >= 11 is 0. The molecule has 6 heteroatoms. The number of hydrogen-bond donors (Lipinski definition) is 0. The van der Waals surface area contributed by atoms with E-state index >= 15 is 0 Å². The molecule has 0 spiro atoms. The van der Waals surface area contributed by atoms with Crippen molar-refractivity contribution in [1.82, 2.24) is 0 Å².